The SMILES string of the molecule is CCCCCCc1c(C)c2ccc(O[C@H](C)C(=O)NCC(=O)[O-])cc2oc1=O. The molecule has 1 atom stereocenters. The van der Waals surface area contributed by atoms with Gasteiger partial charge in [-0.2, -0.15) is 0 Å². The lowest BCUT2D eigenvalue weighted by atomic mass is 10.0. The normalized spacial score (nSPS) is 12.0. The molecule has 28 heavy (non-hydrogen) atoms. The average Bonchev–Trinajstić information content (AvgIpc) is 2.65. The van der Waals surface area contributed by atoms with Crippen molar-refractivity contribution in [3.63, 3.8) is 0 Å². The first-order valence-corrected chi connectivity index (χ1v) is 9.54. The molecule has 1 heterocycles. The summed E-state index contributed by atoms with van der Waals surface area (Å²) in [6.07, 6.45) is 4.09. The number of carboxylic acid groups (broad SMARTS) is 1. The average molecular weight is 388 g/mol. The van der Waals surface area contributed by atoms with Gasteiger partial charge in [0.25, 0.3) is 5.91 Å². The van der Waals surface area contributed by atoms with Crippen LogP contribution in [-0.2, 0) is 16.0 Å². The van der Waals surface area contributed by atoms with E-state index in [1.165, 1.54) is 6.92 Å². The summed E-state index contributed by atoms with van der Waals surface area (Å²) < 4.78 is 11.0. The van der Waals surface area contributed by atoms with Gasteiger partial charge in [0.1, 0.15) is 11.3 Å². The van der Waals surface area contributed by atoms with E-state index < -0.39 is 24.5 Å². The molecule has 7 heteroatoms. The fourth-order valence-corrected chi connectivity index (χ4v) is 3.03. The van der Waals surface area contributed by atoms with Crippen LogP contribution in [0.25, 0.3) is 11.0 Å². The zero-order chi connectivity index (χ0) is 20.7. The minimum absolute atomic E-state index is 0.349. The largest absolute Gasteiger partial charge is 0.548 e. The number of hydrogen-bond acceptors (Lipinski definition) is 6. The molecule has 1 amide bonds. The lowest BCUT2D eigenvalue weighted by molar-refractivity contribution is -0.304. The number of unbranched alkanes of at least 4 members (excludes halogenated alkanes) is 3. The molecule has 0 radical (unpaired) electrons. The zero-order valence-electron chi connectivity index (χ0n) is 16.5. The van der Waals surface area contributed by atoms with Gasteiger partial charge < -0.3 is 24.4 Å². The number of benzene rings is 1. The summed E-state index contributed by atoms with van der Waals surface area (Å²) in [6.45, 7) is 4.96. The van der Waals surface area contributed by atoms with Crippen molar-refractivity contribution in [3.05, 3.63) is 39.7 Å². The fourth-order valence-electron chi connectivity index (χ4n) is 3.03. The molecule has 0 unspecified atom stereocenters. The Morgan fingerprint density at radius 1 is 1.25 bits per heavy atom. The second-order valence-electron chi connectivity index (χ2n) is 6.81. The second-order valence-corrected chi connectivity index (χ2v) is 6.81. The molecule has 7 nitrogen and oxygen atoms in total. The number of nitrogens with one attached hydrogen (secondary N) is 1. The molecule has 2 rings (SSSR count). The van der Waals surface area contributed by atoms with Gasteiger partial charge in [-0.1, -0.05) is 26.2 Å². The number of amides is 1. The molecule has 1 aromatic heterocycles. The van der Waals surface area contributed by atoms with Gasteiger partial charge in [0, 0.05) is 17.0 Å². The summed E-state index contributed by atoms with van der Waals surface area (Å²) in [4.78, 5) is 34.6. The maximum Gasteiger partial charge on any atom is 0.339 e. The minimum atomic E-state index is -1.38. The Bertz CT molecular complexity index is 902. The molecular weight excluding hydrogens is 362 g/mol. The topological polar surface area (TPSA) is 109 Å². The highest BCUT2D eigenvalue weighted by molar-refractivity contribution is 5.85. The predicted octanol–water partition coefficient (Wildman–Crippen LogP) is 1.86. The molecule has 0 spiro atoms. The quantitative estimate of drug-likeness (QED) is 0.491. The third-order valence-electron chi connectivity index (χ3n) is 4.63. The summed E-state index contributed by atoms with van der Waals surface area (Å²) in [5.74, 6) is -1.61. The Balaban J connectivity index is 2.16. The van der Waals surface area contributed by atoms with Gasteiger partial charge in [0.15, 0.2) is 6.10 Å². The molecule has 0 saturated carbocycles. The molecule has 2 aromatic rings. The van der Waals surface area contributed by atoms with Crippen molar-refractivity contribution in [2.45, 2.75) is 59.0 Å². The summed E-state index contributed by atoms with van der Waals surface area (Å²) in [7, 11) is 0. The third-order valence-corrected chi connectivity index (χ3v) is 4.63. The maximum absolute atomic E-state index is 12.4. The van der Waals surface area contributed by atoms with Crippen LogP contribution in [0.2, 0.25) is 0 Å². The van der Waals surface area contributed by atoms with Gasteiger partial charge in [-0.05, 0) is 44.4 Å². The molecule has 0 aliphatic carbocycles. The number of carboxylic acids is 1. The van der Waals surface area contributed by atoms with Crippen molar-refractivity contribution < 1.29 is 23.8 Å². The molecule has 0 aliphatic rings. The molecule has 0 aliphatic heterocycles. The first-order valence-electron chi connectivity index (χ1n) is 9.54. The van der Waals surface area contributed by atoms with E-state index in [2.05, 4.69) is 12.2 Å². The van der Waals surface area contributed by atoms with E-state index in [0.29, 0.717) is 23.3 Å². The highest BCUT2D eigenvalue weighted by Crippen LogP contribution is 2.25. The van der Waals surface area contributed by atoms with Crippen LogP contribution < -0.4 is 20.8 Å². The third kappa shape index (κ3) is 5.58. The van der Waals surface area contributed by atoms with Crippen LogP contribution in [0.3, 0.4) is 0 Å². The zero-order valence-corrected chi connectivity index (χ0v) is 16.5. The standard InChI is InChI=1S/C21H27NO6/c1-4-5-6-7-8-17-13(2)16-10-9-15(11-18(16)28-21(17)26)27-14(3)20(25)22-12-19(23)24/h9-11,14H,4-8,12H2,1-3H3,(H,22,25)(H,23,24)/p-1/t14-/m1/s1. The molecule has 152 valence electrons. The Morgan fingerprint density at radius 3 is 2.68 bits per heavy atom. The van der Waals surface area contributed by atoms with E-state index in [-0.39, 0.29) is 5.63 Å². The first-order chi connectivity index (χ1) is 13.3. The fraction of sp³-hybridized carbons (Fsp3) is 0.476. The Morgan fingerprint density at radius 2 is 2.00 bits per heavy atom. The lowest BCUT2D eigenvalue weighted by Crippen LogP contribution is -2.43. The number of carbonyl (C=O) groups is 2. The Hall–Kier alpha value is -2.83. The molecular formula is C21H26NO6-. The molecule has 1 N–H and O–H groups in total. The van der Waals surface area contributed by atoms with E-state index in [9.17, 15) is 19.5 Å². The minimum Gasteiger partial charge on any atom is -0.548 e. The van der Waals surface area contributed by atoms with Crippen LogP contribution in [0.1, 0.15) is 50.7 Å². The van der Waals surface area contributed by atoms with Crippen LogP contribution in [0, 0.1) is 6.92 Å². The van der Waals surface area contributed by atoms with Gasteiger partial charge in [-0.25, -0.2) is 4.79 Å². The first kappa shape index (κ1) is 21.5. The number of hydrogen-bond donors (Lipinski definition) is 1. The van der Waals surface area contributed by atoms with Crippen molar-refractivity contribution in [1.29, 1.82) is 0 Å². The molecule has 0 fully saturated rings. The van der Waals surface area contributed by atoms with E-state index in [1.54, 1.807) is 18.2 Å². The van der Waals surface area contributed by atoms with E-state index in [1.807, 2.05) is 6.92 Å². The van der Waals surface area contributed by atoms with E-state index in [0.717, 1.165) is 36.6 Å². The number of rotatable bonds is 10. The van der Waals surface area contributed by atoms with Crippen LogP contribution in [-0.4, -0.2) is 24.5 Å². The number of fused-ring (bicyclic) bond motifs is 1. The summed E-state index contributed by atoms with van der Waals surface area (Å²) in [5.41, 5.74) is 1.64. The van der Waals surface area contributed by atoms with Gasteiger partial charge in [-0.15, -0.1) is 0 Å². The summed E-state index contributed by atoms with van der Waals surface area (Å²) in [6, 6.07) is 5.05. The number of ether oxygens (including phenoxy) is 1. The second kappa shape index (κ2) is 9.92. The monoisotopic (exact) mass is 388 g/mol. The number of carbonyl (C=O) groups excluding carboxylic acids is 2. The van der Waals surface area contributed by atoms with Crippen molar-refractivity contribution >= 4 is 22.8 Å². The van der Waals surface area contributed by atoms with Crippen molar-refractivity contribution in [2.75, 3.05) is 6.54 Å². The Kier molecular flexibility index (Phi) is 7.61. The summed E-state index contributed by atoms with van der Waals surface area (Å²) >= 11 is 0. The molecule has 0 bridgehead atoms. The van der Waals surface area contributed by atoms with E-state index >= 15 is 0 Å². The Labute approximate surface area is 163 Å². The van der Waals surface area contributed by atoms with Crippen molar-refractivity contribution in [2.24, 2.45) is 0 Å². The van der Waals surface area contributed by atoms with Crippen molar-refractivity contribution in [3.8, 4) is 5.75 Å². The van der Waals surface area contributed by atoms with E-state index in [4.69, 9.17) is 9.15 Å². The summed E-state index contributed by atoms with van der Waals surface area (Å²) in [5, 5.41) is 13.4. The highest BCUT2D eigenvalue weighted by atomic mass is 16.5. The predicted molar refractivity (Wildman–Crippen MR) is 103 cm³/mol. The van der Waals surface area contributed by atoms with Gasteiger partial charge in [0.05, 0.1) is 12.5 Å². The van der Waals surface area contributed by atoms with Crippen LogP contribution in [0.4, 0.5) is 0 Å². The molecule has 0 saturated heterocycles. The van der Waals surface area contributed by atoms with Crippen LogP contribution in [0.15, 0.2) is 27.4 Å². The highest BCUT2D eigenvalue weighted by Gasteiger charge is 2.16. The van der Waals surface area contributed by atoms with Gasteiger partial charge in [-0.3, -0.25) is 4.79 Å². The van der Waals surface area contributed by atoms with Crippen LogP contribution >= 0.6 is 0 Å². The van der Waals surface area contributed by atoms with Gasteiger partial charge in [0.2, 0.25) is 0 Å². The number of aryl methyl sites for hydroxylation is 1. The molecule has 1 aromatic carbocycles. The van der Waals surface area contributed by atoms with Crippen LogP contribution in [0.5, 0.6) is 5.75 Å². The smallest absolute Gasteiger partial charge is 0.339 e. The lowest BCUT2D eigenvalue weighted by Gasteiger charge is -2.15. The van der Waals surface area contributed by atoms with Crippen molar-refractivity contribution in [1.82, 2.24) is 5.32 Å². The number of aliphatic carboxylic acids is 1. The van der Waals surface area contributed by atoms with Gasteiger partial charge >= 0.3 is 5.63 Å². The maximum atomic E-state index is 12.4.